The van der Waals surface area contributed by atoms with Crippen LogP contribution in [0.15, 0.2) is 28.2 Å². The molecule has 0 aliphatic carbocycles. The van der Waals surface area contributed by atoms with E-state index in [9.17, 15) is 0 Å². The van der Waals surface area contributed by atoms with Crippen molar-refractivity contribution >= 4 is 23.5 Å². The van der Waals surface area contributed by atoms with Crippen LogP contribution >= 0.6 is 11.3 Å². The van der Waals surface area contributed by atoms with E-state index in [1.807, 2.05) is 47.5 Å². The molecule has 0 fully saturated rings. The second-order valence-electron chi connectivity index (χ2n) is 4.27. The molecular weight excluding hydrogens is 272 g/mol. The Bertz CT molecular complexity index is 724. The highest BCUT2D eigenvalue weighted by atomic mass is 32.1. The Labute approximate surface area is 120 Å². The molecule has 0 aliphatic heterocycles. The quantitative estimate of drug-likeness (QED) is 0.736. The minimum absolute atomic E-state index is 0.497. The Morgan fingerprint density at radius 2 is 2.30 bits per heavy atom. The Balaban J connectivity index is 1.81. The van der Waals surface area contributed by atoms with Crippen LogP contribution in [0.1, 0.15) is 24.1 Å². The topological polar surface area (TPSA) is 56.7 Å². The first-order chi connectivity index (χ1) is 9.78. The molecule has 20 heavy (non-hydrogen) atoms. The third kappa shape index (κ3) is 2.42. The summed E-state index contributed by atoms with van der Waals surface area (Å²) < 4.78 is 7.16. The normalized spacial score (nSPS) is 11.5. The van der Waals surface area contributed by atoms with Crippen molar-refractivity contribution in [3.8, 4) is 10.7 Å². The summed E-state index contributed by atoms with van der Waals surface area (Å²) in [5.41, 5.74) is 2.18. The van der Waals surface area contributed by atoms with Gasteiger partial charge in [-0.1, -0.05) is 11.2 Å². The number of aryl methyl sites for hydroxylation is 1. The van der Waals surface area contributed by atoms with E-state index >= 15 is 0 Å². The molecule has 0 spiro atoms. The Morgan fingerprint density at radius 3 is 3.00 bits per heavy atom. The van der Waals surface area contributed by atoms with Gasteiger partial charge >= 0.3 is 0 Å². The molecule has 6 heteroatoms. The van der Waals surface area contributed by atoms with Crippen molar-refractivity contribution in [2.45, 2.75) is 20.4 Å². The first-order valence-corrected chi connectivity index (χ1v) is 7.24. The molecule has 3 aromatic rings. The number of aromatic nitrogens is 4. The molecule has 0 saturated carbocycles. The van der Waals surface area contributed by atoms with Gasteiger partial charge in [0.1, 0.15) is 0 Å². The molecular formula is C14H14N4OS. The van der Waals surface area contributed by atoms with Crippen molar-refractivity contribution in [1.82, 2.24) is 19.9 Å². The Hall–Kier alpha value is -2.21. The van der Waals surface area contributed by atoms with Gasteiger partial charge in [0.2, 0.25) is 5.82 Å². The predicted molar refractivity (Wildman–Crippen MR) is 79.2 cm³/mol. The number of rotatable bonds is 4. The van der Waals surface area contributed by atoms with Crippen LogP contribution < -0.4 is 0 Å². The van der Waals surface area contributed by atoms with E-state index in [2.05, 4.69) is 22.2 Å². The Morgan fingerprint density at radius 1 is 1.40 bits per heavy atom. The van der Waals surface area contributed by atoms with Crippen LogP contribution in [-0.4, -0.2) is 19.9 Å². The summed E-state index contributed by atoms with van der Waals surface area (Å²) in [5.74, 6) is 1.12. The van der Waals surface area contributed by atoms with Crippen molar-refractivity contribution in [2.24, 2.45) is 0 Å². The predicted octanol–water partition coefficient (Wildman–Crippen LogP) is 3.49. The first-order valence-electron chi connectivity index (χ1n) is 6.36. The summed E-state index contributed by atoms with van der Waals surface area (Å²) in [5, 5.41) is 10.2. The van der Waals surface area contributed by atoms with Crippen LogP contribution in [0.2, 0.25) is 0 Å². The maximum Gasteiger partial charge on any atom is 0.250 e. The maximum absolute atomic E-state index is 5.21. The van der Waals surface area contributed by atoms with E-state index in [0.717, 1.165) is 22.7 Å². The van der Waals surface area contributed by atoms with Gasteiger partial charge in [0.05, 0.1) is 11.1 Å². The van der Waals surface area contributed by atoms with Gasteiger partial charge in [0.15, 0.2) is 0 Å². The van der Waals surface area contributed by atoms with E-state index < -0.39 is 0 Å². The van der Waals surface area contributed by atoms with Gasteiger partial charge in [0.25, 0.3) is 5.89 Å². The lowest BCUT2D eigenvalue weighted by Gasteiger charge is -1.97. The smallest absolute Gasteiger partial charge is 0.250 e. The van der Waals surface area contributed by atoms with Gasteiger partial charge in [-0.3, -0.25) is 4.68 Å². The molecule has 5 nitrogen and oxygen atoms in total. The molecule has 0 N–H and O–H groups in total. The third-order valence-corrected chi connectivity index (χ3v) is 3.90. The van der Waals surface area contributed by atoms with Crippen LogP contribution in [0.4, 0.5) is 0 Å². The molecule has 0 atom stereocenters. The zero-order valence-electron chi connectivity index (χ0n) is 11.3. The third-order valence-electron chi connectivity index (χ3n) is 3.03. The van der Waals surface area contributed by atoms with Crippen LogP contribution in [0, 0.1) is 6.92 Å². The highest BCUT2D eigenvalue weighted by Crippen LogP contribution is 2.21. The van der Waals surface area contributed by atoms with Crippen molar-refractivity contribution in [3.05, 3.63) is 40.9 Å². The average Bonchev–Trinajstić information content (AvgIpc) is 3.17. The molecule has 0 aromatic carbocycles. The lowest BCUT2D eigenvalue weighted by molar-refractivity contribution is 0.411. The van der Waals surface area contributed by atoms with Crippen molar-refractivity contribution in [1.29, 1.82) is 0 Å². The van der Waals surface area contributed by atoms with Crippen LogP contribution in [0.5, 0.6) is 0 Å². The average molecular weight is 286 g/mol. The van der Waals surface area contributed by atoms with E-state index in [-0.39, 0.29) is 0 Å². The van der Waals surface area contributed by atoms with Crippen molar-refractivity contribution in [2.75, 3.05) is 0 Å². The molecule has 0 bridgehead atoms. The highest BCUT2D eigenvalue weighted by molar-refractivity contribution is 7.13. The highest BCUT2D eigenvalue weighted by Gasteiger charge is 2.07. The first kappa shape index (κ1) is 12.8. The van der Waals surface area contributed by atoms with E-state index in [0.29, 0.717) is 11.7 Å². The summed E-state index contributed by atoms with van der Waals surface area (Å²) in [6.07, 6.45) is 5.60. The fourth-order valence-corrected chi connectivity index (χ4v) is 2.56. The second kappa shape index (κ2) is 5.42. The van der Waals surface area contributed by atoms with E-state index in [1.54, 1.807) is 11.3 Å². The van der Waals surface area contributed by atoms with Gasteiger partial charge in [-0.05, 0) is 31.4 Å². The van der Waals surface area contributed by atoms with Gasteiger partial charge in [-0.25, -0.2) is 0 Å². The molecule has 0 amide bonds. The van der Waals surface area contributed by atoms with Gasteiger partial charge in [0, 0.05) is 23.9 Å². The van der Waals surface area contributed by atoms with Crippen LogP contribution in [0.25, 0.3) is 22.9 Å². The minimum atomic E-state index is 0.497. The number of hydrogen-bond acceptors (Lipinski definition) is 5. The summed E-state index contributed by atoms with van der Waals surface area (Å²) >= 11 is 1.59. The van der Waals surface area contributed by atoms with Gasteiger partial charge in [-0.15, -0.1) is 11.3 Å². The standard InChI is InChI=1S/C14H14N4OS/c1-3-18-10(2)11(9-15-18)6-7-13-16-14(17-19-13)12-5-4-8-20-12/h4-9H,3H2,1-2H3/b7-6+. The molecule has 102 valence electrons. The zero-order chi connectivity index (χ0) is 13.9. The SMILES string of the molecule is CCn1ncc(/C=C/c2nc(-c3cccs3)no2)c1C. The number of thiophene rings is 1. The summed E-state index contributed by atoms with van der Waals surface area (Å²) in [6.45, 7) is 4.97. The zero-order valence-corrected chi connectivity index (χ0v) is 12.1. The van der Waals surface area contributed by atoms with Gasteiger partial charge in [-0.2, -0.15) is 10.1 Å². The Kier molecular flexibility index (Phi) is 3.47. The molecule has 3 rings (SSSR count). The number of hydrogen-bond donors (Lipinski definition) is 0. The lowest BCUT2D eigenvalue weighted by atomic mass is 10.2. The summed E-state index contributed by atoms with van der Waals surface area (Å²) in [4.78, 5) is 5.35. The summed E-state index contributed by atoms with van der Waals surface area (Å²) in [7, 11) is 0. The molecule has 0 unspecified atom stereocenters. The van der Waals surface area contributed by atoms with Crippen LogP contribution in [-0.2, 0) is 6.54 Å². The minimum Gasteiger partial charge on any atom is -0.334 e. The molecule has 3 heterocycles. The maximum atomic E-state index is 5.21. The fourth-order valence-electron chi connectivity index (χ4n) is 1.91. The molecule has 0 radical (unpaired) electrons. The molecule has 3 aromatic heterocycles. The van der Waals surface area contributed by atoms with E-state index in [4.69, 9.17) is 4.52 Å². The molecule has 0 aliphatic rings. The van der Waals surface area contributed by atoms with E-state index in [1.165, 1.54) is 0 Å². The summed E-state index contributed by atoms with van der Waals surface area (Å²) in [6, 6.07) is 3.94. The lowest BCUT2D eigenvalue weighted by Crippen LogP contribution is -1.98. The van der Waals surface area contributed by atoms with Gasteiger partial charge < -0.3 is 4.52 Å². The second-order valence-corrected chi connectivity index (χ2v) is 5.22. The van der Waals surface area contributed by atoms with Crippen molar-refractivity contribution in [3.63, 3.8) is 0 Å². The largest absolute Gasteiger partial charge is 0.334 e. The van der Waals surface area contributed by atoms with Crippen molar-refractivity contribution < 1.29 is 4.52 Å². The number of nitrogens with zero attached hydrogens (tertiary/aromatic N) is 4. The molecule has 0 saturated heterocycles. The fraction of sp³-hybridized carbons (Fsp3) is 0.214. The van der Waals surface area contributed by atoms with Crippen LogP contribution in [0.3, 0.4) is 0 Å². The monoisotopic (exact) mass is 286 g/mol.